The molecule has 0 aliphatic heterocycles. The van der Waals surface area contributed by atoms with E-state index in [1.54, 1.807) is 4.68 Å². The van der Waals surface area contributed by atoms with Gasteiger partial charge in [0.1, 0.15) is 6.33 Å². The van der Waals surface area contributed by atoms with Crippen molar-refractivity contribution < 1.29 is 4.79 Å². The Balaban J connectivity index is 1.65. The first-order valence-corrected chi connectivity index (χ1v) is 7.40. The van der Waals surface area contributed by atoms with Gasteiger partial charge in [0.15, 0.2) is 0 Å². The summed E-state index contributed by atoms with van der Waals surface area (Å²) in [6.07, 6.45) is 1.94. The Labute approximate surface area is 134 Å². The van der Waals surface area contributed by atoms with Crippen LogP contribution in [0.15, 0.2) is 60.9 Å². The molecule has 0 fully saturated rings. The molecule has 3 rings (SSSR count). The summed E-state index contributed by atoms with van der Waals surface area (Å²) in [5.74, 6) is 0.147. The summed E-state index contributed by atoms with van der Waals surface area (Å²) in [5.41, 5.74) is 2.68. The van der Waals surface area contributed by atoms with E-state index in [0.29, 0.717) is 6.42 Å². The fourth-order valence-corrected chi connectivity index (χ4v) is 2.40. The highest BCUT2D eigenvalue weighted by Gasteiger charge is 2.11. The van der Waals surface area contributed by atoms with Crippen LogP contribution < -0.4 is 5.32 Å². The van der Waals surface area contributed by atoms with Gasteiger partial charge in [0, 0.05) is 12.1 Å². The number of anilines is 1. The van der Waals surface area contributed by atoms with E-state index in [-0.39, 0.29) is 11.8 Å². The minimum Gasteiger partial charge on any atom is -0.326 e. The van der Waals surface area contributed by atoms with Crippen LogP contribution in [0.3, 0.4) is 0 Å². The van der Waals surface area contributed by atoms with Gasteiger partial charge in [0.05, 0.1) is 5.69 Å². The highest BCUT2D eigenvalue weighted by Crippen LogP contribution is 2.20. The Hall–Kier alpha value is -3.02. The normalized spacial score (nSPS) is 11.9. The van der Waals surface area contributed by atoms with Gasteiger partial charge >= 0.3 is 0 Å². The van der Waals surface area contributed by atoms with Crippen LogP contribution in [0.5, 0.6) is 0 Å². The molecule has 0 aliphatic carbocycles. The summed E-state index contributed by atoms with van der Waals surface area (Å²) in [7, 11) is 0. The first kappa shape index (κ1) is 14.9. The van der Waals surface area contributed by atoms with Gasteiger partial charge in [-0.05, 0) is 40.1 Å². The van der Waals surface area contributed by atoms with Crippen molar-refractivity contribution in [2.75, 3.05) is 5.32 Å². The SMILES string of the molecule is CC(CC(=O)Nc1cccc(-n2cnnn2)c1)c1ccccc1. The lowest BCUT2D eigenvalue weighted by atomic mass is 9.97. The van der Waals surface area contributed by atoms with Crippen LogP contribution in [-0.4, -0.2) is 26.1 Å². The van der Waals surface area contributed by atoms with Gasteiger partial charge in [-0.15, -0.1) is 5.10 Å². The molecule has 0 radical (unpaired) electrons. The van der Waals surface area contributed by atoms with E-state index in [2.05, 4.69) is 20.8 Å². The van der Waals surface area contributed by atoms with E-state index in [1.807, 2.05) is 61.5 Å². The van der Waals surface area contributed by atoms with Crippen LogP contribution in [0, 0.1) is 0 Å². The van der Waals surface area contributed by atoms with Gasteiger partial charge in [0.25, 0.3) is 0 Å². The summed E-state index contributed by atoms with van der Waals surface area (Å²) < 4.78 is 1.54. The first-order valence-electron chi connectivity index (χ1n) is 7.40. The Morgan fingerprint density at radius 1 is 1.17 bits per heavy atom. The zero-order valence-corrected chi connectivity index (χ0v) is 12.8. The Morgan fingerprint density at radius 2 is 2.00 bits per heavy atom. The molecule has 1 aromatic heterocycles. The predicted molar refractivity (Wildman–Crippen MR) is 87.3 cm³/mol. The Kier molecular flexibility index (Phi) is 4.42. The summed E-state index contributed by atoms with van der Waals surface area (Å²) in [5, 5.41) is 14.0. The molecule has 1 N–H and O–H groups in total. The molecular formula is C17H17N5O. The molecule has 0 spiro atoms. The van der Waals surface area contributed by atoms with Gasteiger partial charge in [-0.1, -0.05) is 43.3 Å². The average Bonchev–Trinajstić information content (AvgIpc) is 3.10. The molecule has 1 amide bonds. The molecular weight excluding hydrogens is 290 g/mol. The first-order chi connectivity index (χ1) is 11.2. The van der Waals surface area contributed by atoms with Crippen LogP contribution >= 0.6 is 0 Å². The van der Waals surface area contributed by atoms with Crippen LogP contribution in [0.2, 0.25) is 0 Å². The largest absolute Gasteiger partial charge is 0.326 e. The van der Waals surface area contributed by atoms with Crippen molar-refractivity contribution in [3.63, 3.8) is 0 Å². The Morgan fingerprint density at radius 3 is 2.74 bits per heavy atom. The molecule has 0 saturated carbocycles. The lowest BCUT2D eigenvalue weighted by Crippen LogP contribution is -2.14. The number of tetrazole rings is 1. The van der Waals surface area contributed by atoms with Crippen LogP contribution in [0.4, 0.5) is 5.69 Å². The fourth-order valence-electron chi connectivity index (χ4n) is 2.40. The van der Waals surface area contributed by atoms with Gasteiger partial charge < -0.3 is 5.32 Å². The van der Waals surface area contributed by atoms with E-state index in [4.69, 9.17) is 0 Å². The van der Waals surface area contributed by atoms with Crippen LogP contribution in [-0.2, 0) is 4.79 Å². The lowest BCUT2D eigenvalue weighted by molar-refractivity contribution is -0.116. The lowest BCUT2D eigenvalue weighted by Gasteiger charge is -2.12. The molecule has 2 aromatic carbocycles. The number of nitrogens with zero attached hydrogens (tertiary/aromatic N) is 4. The predicted octanol–water partition coefficient (Wildman–Crippen LogP) is 2.79. The summed E-state index contributed by atoms with van der Waals surface area (Å²) in [6.45, 7) is 2.05. The van der Waals surface area contributed by atoms with E-state index < -0.39 is 0 Å². The number of carbonyl (C=O) groups excluding carboxylic acids is 1. The number of nitrogens with one attached hydrogen (secondary N) is 1. The van der Waals surface area contributed by atoms with Crippen molar-refractivity contribution >= 4 is 11.6 Å². The zero-order valence-electron chi connectivity index (χ0n) is 12.8. The number of carbonyl (C=O) groups is 1. The smallest absolute Gasteiger partial charge is 0.224 e. The van der Waals surface area contributed by atoms with E-state index in [9.17, 15) is 4.79 Å². The maximum Gasteiger partial charge on any atom is 0.224 e. The summed E-state index contributed by atoms with van der Waals surface area (Å²) in [4.78, 5) is 12.2. The minimum absolute atomic E-state index is 0.0183. The number of amides is 1. The van der Waals surface area contributed by atoms with Crippen molar-refractivity contribution in [3.05, 3.63) is 66.5 Å². The highest BCUT2D eigenvalue weighted by atomic mass is 16.1. The third-order valence-electron chi connectivity index (χ3n) is 3.60. The fraction of sp³-hybridized carbons (Fsp3) is 0.176. The van der Waals surface area contributed by atoms with E-state index in [1.165, 1.54) is 6.33 Å². The molecule has 116 valence electrons. The maximum atomic E-state index is 12.2. The number of hydrogen-bond acceptors (Lipinski definition) is 4. The molecule has 0 saturated heterocycles. The molecule has 6 nitrogen and oxygen atoms in total. The zero-order chi connectivity index (χ0) is 16.1. The van der Waals surface area contributed by atoms with Crippen LogP contribution in [0.1, 0.15) is 24.8 Å². The highest BCUT2D eigenvalue weighted by molar-refractivity contribution is 5.91. The minimum atomic E-state index is -0.0183. The molecule has 3 aromatic rings. The average molecular weight is 307 g/mol. The van der Waals surface area contributed by atoms with Crippen molar-refractivity contribution in [3.8, 4) is 5.69 Å². The summed E-state index contributed by atoms with van der Waals surface area (Å²) >= 11 is 0. The number of rotatable bonds is 5. The van der Waals surface area contributed by atoms with Crippen molar-refractivity contribution in [2.45, 2.75) is 19.3 Å². The molecule has 1 heterocycles. The second-order valence-electron chi connectivity index (χ2n) is 5.37. The molecule has 0 aliphatic rings. The van der Waals surface area contributed by atoms with Gasteiger partial charge in [-0.25, -0.2) is 4.68 Å². The molecule has 1 unspecified atom stereocenters. The van der Waals surface area contributed by atoms with Gasteiger partial charge in [0.2, 0.25) is 5.91 Å². The number of hydrogen-bond donors (Lipinski definition) is 1. The van der Waals surface area contributed by atoms with E-state index >= 15 is 0 Å². The third kappa shape index (κ3) is 3.79. The number of benzene rings is 2. The monoisotopic (exact) mass is 307 g/mol. The topological polar surface area (TPSA) is 72.7 Å². The third-order valence-corrected chi connectivity index (χ3v) is 3.60. The molecule has 1 atom stereocenters. The Bertz CT molecular complexity index is 771. The maximum absolute atomic E-state index is 12.2. The second-order valence-corrected chi connectivity index (χ2v) is 5.37. The van der Waals surface area contributed by atoms with Gasteiger partial charge in [-0.3, -0.25) is 4.79 Å². The standard InChI is InChI=1S/C17H17N5O/c1-13(14-6-3-2-4-7-14)10-17(23)19-15-8-5-9-16(11-15)22-12-18-20-21-22/h2-9,11-13H,10H2,1H3,(H,19,23). The second kappa shape index (κ2) is 6.83. The van der Waals surface area contributed by atoms with Gasteiger partial charge in [-0.2, -0.15) is 0 Å². The van der Waals surface area contributed by atoms with E-state index in [0.717, 1.165) is 16.9 Å². The number of aromatic nitrogens is 4. The van der Waals surface area contributed by atoms with Crippen molar-refractivity contribution in [2.24, 2.45) is 0 Å². The van der Waals surface area contributed by atoms with Crippen LogP contribution in [0.25, 0.3) is 5.69 Å². The van der Waals surface area contributed by atoms with Crippen molar-refractivity contribution in [1.82, 2.24) is 20.2 Å². The summed E-state index contributed by atoms with van der Waals surface area (Å²) in [6, 6.07) is 17.4. The van der Waals surface area contributed by atoms with Crippen molar-refractivity contribution in [1.29, 1.82) is 0 Å². The molecule has 6 heteroatoms. The molecule has 23 heavy (non-hydrogen) atoms. The quantitative estimate of drug-likeness (QED) is 0.786. The molecule has 0 bridgehead atoms.